The van der Waals surface area contributed by atoms with Gasteiger partial charge in [-0.1, -0.05) is 0 Å². The van der Waals surface area contributed by atoms with Crippen LogP contribution in [-0.2, 0) is 10.9 Å². The summed E-state index contributed by atoms with van der Waals surface area (Å²) < 4.78 is 50.8. The van der Waals surface area contributed by atoms with Crippen molar-refractivity contribution >= 4 is 5.95 Å². The fraction of sp³-hybridized carbons (Fsp3) is 0.571. The molecule has 0 atom stereocenters. The van der Waals surface area contributed by atoms with Crippen molar-refractivity contribution in [2.75, 3.05) is 18.0 Å². The molecule has 0 spiro atoms. The van der Waals surface area contributed by atoms with Gasteiger partial charge in [-0.15, -0.1) is 0 Å². The average Bonchev–Trinajstić information content (AvgIpc) is 2.81. The van der Waals surface area contributed by atoms with Crippen molar-refractivity contribution in [3.8, 4) is 11.9 Å². The number of nitriles is 1. The summed E-state index contributed by atoms with van der Waals surface area (Å²) in [5.74, 6) is 0.375. The van der Waals surface area contributed by atoms with Crippen LogP contribution in [0.5, 0.6) is 5.88 Å². The van der Waals surface area contributed by atoms with Gasteiger partial charge in [0.05, 0.1) is 12.2 Å². The Morgan fingerprint density at radius 1 is 0.906 bits per heavy atom. The first-order valence-corrected chi connectivity index (χ1v) is 10.6. The Morgan fingerprint density at radius 2 is 1.56 bits per heavy atom. The van der Waals surface area contributed by atoms with Crippen LogP contribution in [0.4, 0.5) is 19.1 Å². The summed E-state index contributed by atoms with van der Waals surface area (Å²) in [6.07, 6.45) is 4.46. The smallest absolute Gasteiger partial charge is 0.433 e. The minimum absolute atomic E-state index is 0.0291. The van der Waals surface area contributed by atoms with Crippen molar-refractivity contribution in [2.24, 2.45) is 0 Å². The lowest BCUT2D eigenvalue weighted by Gasteiger charge is -2.36. The van der Waals surface area contributed by atoms with Crippen molar-refractivity contribution in [3.63, 3.8) is 0 Å². The van der Waals surface area contributed by atoms with Gasteiger partial charge >= 0.3 is 6.18 Å². The van der Waals surface area contributed by atoms with E-state index in [2.05, 4.69) is 19.9 Å². The van der Waals surface area contributed by atoms with E-state index in [1.807, 2.05) is 6.07 Å². The van der Waals surface area contributed by atoms with Gasteiger partial charge < -0.3 is 14.4 Å². The van der Waals surface area contributed by atoms with E-state index in [0.29, 0.717) is 25.9 Å². The van der Waals surface area contributed by atoms with Gasteiger partial charge in [0, 0.05) is 31.7 Å². The molecular formula is C21H23F3N6O2. The molecular weight excluding hydrogens is 425 g/mol. The number of nitrogens with zero attached hydrogens (tertiary/aromatic N) is 6. The molecule has 2 aromatic heterocycles. The zero-order valence-electron chi connectivity index (χ0n) is 17.3. The lowest BCUT2D eigenvalue weighted by molar-refractivity contribution is -0.141. The average molecular weight is 448 g/mol. The van der Waals surface area contributed by atoms with E-state index >= 15 is 0 Å². The van der Waals surface area contributed by atoms with Crippen molar-refractivity contribution in [1.29, 1.82) is 5.26 Å². The molecule has 2 aromatic rings. The molecule has 170 valence electrons. The second-order valence-electron chi connectivity index (χ2n) is 7.90. The quantitative estimate of drug-likeness (QED) is 0.685. The Bertz CT molecular complexity index is 951. The molecule has 1 saturated heterocycles. The highest BCUT2D eigenvalue weighted by molar-refractivity contribution is 5.32. The van der Waals surface area contributed by atoms with E-state index in [0.717, 1.165) is 37.9 Å². The predicted octanol–water partition coefficient (Wildman–Crippen LogP) is 3.53. The third-order valence-electron chi connectivity index (χ3n) is 5.71. The zero-order valence-corrected chi connectivity index (χ0v) is 17.3. The number of halogens is 3. The van der Waals surface area contributed by atoms with E-state index in [9.17, 15) is 13.2 Å². The summed E-state index contributed by atoms with van der Waals surface area (Å²) in [4.78, 5) is 17.5. The van der Waals surface area contributed by atoms with Gasteiger partial charge in [0.25, 0.3) is 5.88 Å². The summed E-state index contributed by atoms with van der Waals surface area (Å²) in [6.45, 7) is 1.10. The Morgan fingerprint density at radius 3 is 2.25 bits per heavy atom. The standard InChI is InChI=1S/C21H23F3N6O2/c22-21(23,24)18-5-8-28-20(29-18)30-11-6-16(7-12-30)31-14-1-3-15(4-2-14)32-19-17(13-25)26-9-10-27-19/h5,8-10,14-16H,1-4,6-7,11-12H2. The SMILES string of the molecule is N#Cc1nccnc1OC1CCC(OC2CCN(c3nccc(C(F)(F)F)n3)CC2)CC1. The third kappa shape index (κ3) is 5.43. The fourth-order valence-electron chi connectivity index (χ4n) is 4.05. The molecule has 11 heteroatoms. The monoisotopic (exact) mass is 448 g/mol. The summed E-state index contributed by atoms with van der Waals surface area (Å²) in [7, 11) is 0. The van der Waals surface area contributed by atoms with Crippen molar-refractivity contribution < 1.29 is 22.6 Å². The van der Waals surface area contributed by atoms with Crippen LogP contribution in [0.25, 0.3) is 0 Å². The highest BCUT2D eigenvalue weighted by Crippen LogP contribution is 2.30. The number of alkyl halides is 3. The molecule has 0 aromatic carbocycles. The van der Waals surface area contributed by atoms with Crippen molar-refractivity contribution in [3.05, 3.63) is 36.0 Å². The number of piperidine rings is 1. The maximum absolute atomic E-state index is 12.9. The molecule has 4 rings (SSSR count). The fourth-order valence-corrected chi connectivity index (χ4v) is 4.05. The Hall–Kier alpha value is -3.00. The first-order valence-electron chi connectivity index (χ1n) is 10.6. The van der Waals surface area contributed by atoms with Gasteiger partial charge in [0.2, 0.25) is 11.6 Å². The van der Waals surface area contributed by atoms with Gasteiger partial charge in [-0.05, 0) is 44.6 Å². The van der Waals surface area contributed by atoms with Crippen LogP contribution in [0.2, 0.25) is 0 Å². The van der Waals surface area contributed by atoms with Crippen molar-refractivity contribution in [1.82, 2.24) is 19.9 Å². The second-order valence-corrected chi connectivity index (χ2v) is 7.90. The first kappa shape index (κ1) is 22.2. The van der Waals surface area contributed by atoms with Crippen LogP contribution in [0.1, 0.15) is 49.9 Å². The molecule has 0 bridgehead atoms. The first-order chi connectivity index (χ1) is 15.4. The number of aromatic nitrogens is 4. The highest BCUT2D eigenvalue weighted by Gasteiger charge is 2.34. The molecule has 0 N–H and O–H groups in total. The van der Waals surface area contributed by atoms with Gasteiger partial charge in [-0.2, -0.15) is 18.4 Å². The van der Waals surface area contributed by atoms with Gasteiger partial charge in [0.15, 0.2) is 0 Å². The zero-order chi connectivity index (χ0) is 22.6. The van der Waals surface area contributed by atoms with E-state index in [1.54, 1.807) is 4.90 Å². The predicted molar refractivity (Wildman–Crippen MR) is 107 cm³/mol. The summed E-state index contributed by atoms with van der Waals surface area (Å²) in [6, 6.07) is 2.86. The summed E-state index contributed by atoms with van der Waals surface area (Å²) in [5, 5.41) is 9.10. The Kier molecular flexibility index (Phi) is 6.69. The number of hydrogen-bond donors (Lipinski definition) is 0. The van der Waals surface area contributed by atoms with Crippen LogP contribution >= 0.6 is 0 Å². The second kappa shape index (κ2) is 9.65. The number of hydrogen-bond acceptors (Lipinski definition) is 8. The van der Waals surface area contributed by atoms with Gasteiger partial charge in [-0.25, -0.2) is 19.9 Å². The summed E-state index contributed by atoms with van der Waals surface area (Å²) in [5.41, 5.74) is -0.745. The van der Waals surface area contributed by atoms with Gasteiger partial charge in [0.1, 0.15) is 17.9 Å². The maximum atomic E-state index is 12.9. The number of ether oxygens (including phenoxy) is 2. The molecule has 8 nitrogen and oxygen atoms in total. The molecule has 1 saturated carbocycles. The van der Waals surface area contributed by atoms with Crippen LogP contribution in [0, 0.1) is 11.3 Å². The lowest BCUT2D eigenvalue weighted by Crippen LogP contribution is -2.40. The van der Waals surface area contributed by atoms with Crippen molar-refractivity contribution in [2.45, 2.75) is 63.0 Å². The highest BCUT2D eigenvalue weighted by atomic mass is 19.4. The topological polar surface area (TPSA) is 97.0 Å². The van der Waals surface area contributed by atoms with E-state index < -0.39 is 11.9 Å². The molecule has 1 aliphatic carbocycles. The summed E-state index contributed by atoms with van der Waals surface area (Å²) >= 11 is 0. The largest absolute Gasteiger partial charge is 0.472 e. The molecule has 32 heavy (non-hydrogen) atoms. The van der Waals surface area contributed by atoms with Crippen LogP contribution in [0.15, 0.2) is 24.7 Å². The van der Waals surface area contributed by atoms with Crippen LogP contribution < -0.4 is 9.64 Å². The van der Waals surface area contributed by atoms with E-state index in [1.165, 1.54) is 12.4 Å². The minimum atomic E-state index is -4.48. The van der Waals surface area contributed by atoms with Crippen LogP contribution in [-0.4, -0.2) is 51.3 Å². The maximum Gasteiger partial charge on any atom is 0.433 e. The lowest BCUT2D eigenvalue weighted by atomic mass is 9.94. The molecule has 2 fully saturated rings. The Labute approximate surface area is 183 Å². The molecule has 0 amide bonds. The Balaban J connectivity index is 1.22. The van der Waals surface area contributed by atoms with E-state index in [-0.39, 0.29) is 35.8 Å². The molecule has 0 unspecified atom stereocenters. The number of rotatable bonds is 5. The van der Waals surface area contributed by atoms with Gasteiger partial charge in [-0.3, -0.25) is 0 Å². The van der Waals surface area contributed by atoms with Crippen LogP contribution in [0.3, 0.4) is 0 Å². The molecule has 0 radical (unpaired) electrons. The minimum Gasteiger partial charge on any atom is -0.472 e. The normalized spacial score (nSPS) is 22.4. The molecule has 2 aliphatic rings. The third-order valence-corrected chi connectivity index (χ3v) is 5.71. The molecule has 3 heterocycles. The number of anilines is 1. The van der Waals surface area contributed by atoms with E-state index in [4.69, 9.17) is 14.7 Å². The molecule has 1 aliphatic heterocycles.